The lowest BCUT2D eigenvalue weighted by molar-refractivity contribution is 0.199. The monoisotopic (exact) mass is 215 g/mol. The molecule has 0 aliphatic rings. The fourth-order valence-corrected chi connectivity index (χ4v) is 1.92. The van der Waals surface area contributed by atoms with Gasteiger partial charge in [0.2, 0.25) is 0 Å². The van der Waals surface area contributed by atoms with Crippen molar-refractivity contribution in [3.05, 3.63) is 30.1 Å². The summed E-state index contributed by atoms with van der Waals surface area (Å²) in [4.78, 5) is 0.847. The van der Waals surface area contributed by atoms with Crippen LogP contribution in [0.1, 0.15) is 0 Å². The maximum Gasteiger partial charge on any atom is 0.124 e. The van der Waals surface area contributed by atoms with Gasteiger partial charge in [-0.2, -0.15) is 0 Å². The minimum absolute atomic E-state index is 0.238. The van der Waals surface area contributed by atoms with Gasteiger partial charge in [-0.3, -0.25) is 0 Å². The molecule has 1 rings (SSSR count). The van der Waals surface area contributed by atoms with E-state index < -0.39 is 6.10 Å². The van der Waals surface area contributed by atoms with E-state index >= 15 is 0 Å². The van der Waals surface area contributed by atoms with Gasteiger partial charge >= 0.3 is 0 Å². The largest absolute Gasteiger partial charge is 0.391 e. The number of aliphatic hydroxyl groups is 1. The molecule has 1 aromatic carbocycles. The van der Waals surface area contributed by atoms with E-state index in [1.165, 1.54) is 23.9 Å². The lowest BCUT2D eigenvalue weighted by Gasteiger charge is -2.08. The first kappa shape index (κ1) is 11.5. The Morgan fingerprint density at radius 2 is 2.36 bits per heavy atom. The first-order valence-corrected chi connectivity index (χ1v) is 5.42. The van der Waals surface area contributed by atoms with Gasteiger partial charge in [0, 0.05) is 17.2 Å². The van der Waals surface area contributed by atoms with Crippen LogP contribution >= 0.6 is 11.8 Å². The van der Waals surface area contributed by atoms with Crippen molar-refractivity contribution in [2.24, 2.45) is 0 Å². The van der Waals surface area contributed by atoms with Crippen molar-refractivity contribution in [1.29, 1.82) is 0 Å². The predicted octanol–water partition coefficient (Wildman–Crippen LogP) is 1.50. The quantitative estimate of drug-likeness (QED) is 0.730. The van der Waals surface area contributed by atoms with Crippen molar-refractivity contribution >= 4 is 11.8 Å². The molecule has 0 heterocycles. The molecule has 0 aromatic heterocycles. The van der Waals surface area contributed by atoms with Gasteiger partial charge in [-0.25, -0.2) is 4.39 Å². The summed E-state index contributed by atoms with van der Waals surface area (Å²) in [6.07, 6.45) is -0.395. The van der Waals surface area contributed by atoms with Crippen molar-refractivity contribution in [2.45, 2.75) is 11.0 Å². The first-order chi connectivity index (χ1) is 6.72. The normalized spacial score (nSPS) is 12.8. The molecule has 1 aromatic rings. The van der Waals surface area contributed by atoms with Crippen LogP contribution in [0.25, 0.3) is 0 Å². The molecule has 0 radical (unpaired) electrons. The first-order valence-electron chi connectivity index (χ1n) is 4.43. The van der Waals surface area contributed by atoms with Crippen LogP contribution < -0.4 is 5.32 Å². The van der Waals surface area contributed by atoms with Crippen LogP contribution in [-0.2, 0) is 0 Å². The van der Waals surface area contributed by atoms with Crippen molar-refractivity contribution in [3.63, 3.8) is 0 Å². The summed E-state index contributed by atoms with van der Waals surface area (Å²) in [5, 5.41) is 12.3. The molecule has 78 valence electrons. The number of thioether (sulfide) groups is 1. The summed E-state index contributed by atoms with van der Waals surface area (Å²) in [6.45, 7) is 0.558. The highest BCUT2D eigenvalue weighted by Crippen LogP contribution is 2.19. The summed E-state index contributed by atoms with van der Waals surface area (Å²) in [7, 11) is 1.79. The number of aliphatic hydroxyl groups excluding tert-OH is 1. The Morgan fingerprint density at radius 1 is 1.57 bits per heavy atom. The van der Waals surface area contributed by atoms with E-state index in [1.54, 1.807) is 13.1 Å². The molecular formula is C10H14FNOS. The van der Waals surface area contributed by atoms with E-state index in [9.17, 15) is 9.50 Å². The smallest absolute Gasteiger partial charge is 0.124 e. The highest BCUT2D eigenvalue weighted by Gasteiger charge is 2.03. The third-order valence-electron chi connectivity index (χ3n) is 1.68. The fourth-order valence-electron chi connectivity index (χ4n) is 1.04. The highest BCUT2D eigenvalue weighted by atomic mass is 32.2. The van der Waals surface area contributed by atoms with Gasteiger partial charge in [0.05, 0.1) is 6.10 Å². The van der Waals surface area contributed by atoms with Gasteiger partial charge in [-0.05, 0) is 25.2 Å². The Balaban J connectivity index is 2.37. The highest BCUT2D eigenvalue weighted by molar-refractivity contribution is 7.99. The Bertz CT molecular complexity index is 283. The molecule has 0 aliphatic heterocycles. The third-order valence-corrected chi connectivity index (χ3v) is 2.82. The Kier molecular flexibility index (Phi) is 4.93. The van der Waals surface area contributed by atoms with E-state index in [0.717, 1.165) is 4.90 Å². The van der Waals surface area contributed by atoms with E-state index in [-0.39, 0.29) is 5.82 Å². The summed E-state index contributed by atoms with van der Waals surface area (Å²) in [5.41, 5.74) is 0. The van der Waals surface area contributed by atoms with Crippen molar-refractivity contribution < 1.29 is 9.50 Å². The molecule has 1 unspecified atom stereocenters. The molecule has 0 spiro atoms. The maximum atomic E-state index is 12.8. The molecule has 0 amide bonds. The van der Waals surface area contributed by atoms with Crippen LogP contribution in [0, 0.1) is 5.82 Å². The van der Waals surface area contributed by atoms with E-state index in [1.807, 2.05) is 6.07 Å². The number of halogens is 1. The maximum absolute atomic E-state index is 12.8. The summed E-state index contributed by atoms with van der Waals surface area (Å²) < 4.78 is 12.8. The van der Waals surface area contributed by atoms with Gasteiger partial charge in [0.1, 0.15) is 5.82 Å². The minimum atomic E-state index is -0.395. The van der Waals surface area contributed by atoms with E-state index in [0.29, 0.717) is 12.3 Å². The van der Waals surface area contributed by atoms with Crippen LogP contribution in [0.5, 0.6) is 0 Å². The van der Waals surface area contributed by atoms with Gasteiger partial charge < -0.3 is 10.4 Å². The standard InChI is InChI=1S/C10H14FNOS/c1-12-6-9(13)7-14-10-4-2-3-8(11)5-10/h2-5,9,12-13H,6-7H2,1H3. The van der Waals surface area contributed by atoms with Crippen LogP contribution in [0.2, 0.25) is 0 Å². The van der Waals surface area contributed by atoms with Crippen LogP contribution in [0.3, 0.4) is 0 Å². The fraction of sp³-hybridized carbons (Fsp3) is 0.400. The van der Waals surface area contributed by atoms with E-state index in [2.05, 4.69) is 5.32 Å². The second-order valence-electron chi connectivity index (χ2n) is 2.98. The number of rotatable bonds is 5. The molecule has 0 saturated carbocycles. The molecule has 1 atom stereocenters. The van der Waals surface area contributed by atoms with Crippen molar-refractivity contribution in [3.8, 4) is 0 Å². The van der Waals surface area contributed by atoms with E-state index in [4.69, 9.17) is 0 Å². The number of hydrogen-bond donors (Lipinski definition) is 2. The molecule has 0 bridgehead atoms. The zero-order valence-electron chi connectivity index (χ0n) is 8.03. The average molecular weight is 215 g/mol. The molecule has 2 nitrogen and oxygen atoms in total. The zero-order chi connectivity index (χ0) is 10.4. The Hall–Kier alpha value is -0.580. The molecule has 0 saturated heterocycles. The van der Waals surface area contributed by atoms with Gasteiger partial charge in [-0.1, -0.05) is 6.07 Å². The average Bonchev–Trinajstić information content (AvgIpc) is 2.15. The lowest BCUT2D eigenvalue weighted by atomic mass is 10.3. The molecule has 0 fully saturated rings. The van der Waals surface area contributed by atoms with Crippen molar-refractivity contribution in [1.82, 2.24) is 5.32 Å². The SMILES string of the molecule is CNCC(O)CSc1cccc(F)c1. The Morgan fingerprint density at radius 3 is 3.00 bits per heavy atom. The minimum Gasteiger partial charge on any atom is -0.391 e. The number of likely N-dealkylation sites (N-methyl/N-ethyl adjacent to an activating group) is 1. The molecule has 0 aliphatic carbocycles. The van der Waals surface area contributed by atoms with Gasteiger partial charge in [-0.15, -0.1) is 11.8 Å². The lowest BCUT2D eigenvalue weighted by Crippen LogP contribution is -2.25. The number of nitrogens with one attached hydrogen (secondary N) is 1. The second-order valence-corrected chi connectivity index (χ2v) is 4.07. The predicted molar refractivity (Wildman–Crippen MR) is 57.1 cm³/mol. The summed E-state index contributed by atoms with van der Waals surface area (Å²) in [6, 6.07) is 6.38. The molecule has 2 N–H and O–H groups in total. The zero-order valence-corrected chi connectivity index (χ0v) is 8.85. The Labute approximate surface area is 87.5 Å². The van der Waals surface area contributed by atoms with Crippen LogP contribution in [0.4, 0.5) is 4.39 Å². The second kappa shape index (κ2) is 6.01. The summed E-state index contributed by atoms with van der Waals surface area (Å²) in [5.74, 6) is 0.336. The third kappa shape index (κ3) is 4.09. The molecule has 14 heavy (non-hydrogen) atoms. The van der Waals surface area contributed by atoms with Gasteiger partial charge in [0.25, 0.3) is 0 Å². The number of hydrogen-bond acceptors (Lipinski definition) is 3. The van der Waals surface area contributed by atoms with Crippen LogP contribution in [-0.4, -0.2) is 30.6 Å². The van der Waals surface area contributed by atoms with Crippen LogP contribution in [0.15, 0.2) is 29.2 Å². The topological polar surface area (TPSA) is 32.3 Å². The van der Waals surface area contributed by atoms with Crippen molar-refractivity contribution in [2.75, 3.05) is 19.3 Å². The molecular weight excluding hydrogens is 201 g/mol. The molecule has 4 heteroatoms. The van der Waals surface area contributed by atoms with Gasteiger partial charge in [0.15, 0.2) is 0 Å². The number of benzene rings is 1. The summed E-state index contributed by atoms with van der Waals surface area (Å²) >= 11 is 1.45.